The number of alkyl halides is 3. The molecular formula is C18H18F3N3O5. The highest BCUT2D eigenvalue weighted by Crippen LogP contribution is 2.37. The van der Waals surface area contributed by atoms with Crippen molar-refractivity contribution in [3.8, 4) is 11.5 Å². The highest BCUT2D eigenvalue weighted by molar-refractivity contribution is 5.97. The highest BCUT2D eigenvalue weighted by atomic mass is 19.4. The Labute approximate surface area is 163 Å². The molecule has 0 unspecified atom stereocenters. The Bertz CT molecular complexity index is 918. The Kier molecular flexibility index (Phi) is 6.52. The number of nitro benzene ring substituents is 1. The molecule has 0 bridgehead atoms. The van der Waals surface area contributed by atoms with E-state index in [9.17, 15) is 28.1 Å². The van der Waals surface area contributed by atoms with Crippen LogP contribution >= 0.6 is 0 Å². The topological polar surface area (TPSA) is 103 Å². The van der Waals surface area contributed by atoms with Gasteiger partial charge in [0.2, 0.25) is 5.91 Å². The molecule has 0 heterocycles. The molecule has 0 radical (unpaired) electrons. The Morgan fingerprint density at radius 3 is 2.31 bits per heavy atom. The number of hydrogen-bond acceptors (Lipinski definition) is 6. The Hall–Kier alpha value is -3.50. The third-order valence-corrected chi connectivity index (χ3v) is 3.95. The maximum atomic E-state index is 13.2. The molecule has 156 valence electrons. The van der Waals surface area contributed by atoms with Gasteiger partial charge in [0.15, 0.2) is 0 Å². The molecule has 2 N–H and O–H groups in total. The summed E-state index contributed by atoms with van der Waals surface area (Å²) in [5.41, 5.74) is -2.20. The van der Waals surface area contributed by atoms with Crippen molar-refractivity contribution in [3.05, 3.63) is 52.1 Å². The van der Waals surface area contributed by atoms with Gasteiger partial charge in [-0.2, -0.15) is 13.2 Å². The molecule has 0 aliphatic heterocycles. The summed E-state index contributed by atoms with van der Waals surface area (Å²) in [6.45, 7) is 1.44. The maximum absolute atomic E-state index is 13.2. The van der Waals surface area contributed by atoms with E-state index in [-0.39, 0.29) is 0 Å². The van der Waals surface area contributed by atoms with Gasteiger partial charge in [0.1, 0.15) is 17.5 Å². The minimum Gasteiger partial charge on any atom is -0.497 e. The lowest BCUT2D eigenvalue weighted by Crippen LogP contribution is -2.32. The standard InChI is InChI=1S/C18H18F3N3O5/c1-10(22-15-7-5-12(28-2)9-16(15)29-3)17(25)23-14-6-4-11(24(26)27)8-13(14)18(19,20)21/h4-10,22H,1-3H3,(H,23,25)/t10-/m0/s1. The number of benzene rings is 2. The number of carbonyl (C=O) groups excluding carboxylic acids is 1. The SMILES string of the molecule is COc1ccc(N[C@@H](C)C(=O)Nc2ccc([N+](=O)[O-])cc2C(F)(F)F)c(OC)c1. The van der Waals surface area contributed by atoms with Crippen molar-refractivity contribution in [1.29, 1.82) is 0 Å². The van der Waals surface area contributed by atoms with Crippen molar-refractivity contribution >= 4 is 23.0 Å². The number of hydrogen-bond donors (Lipinski definition) is 2. The van der Waals surface area contributed by atoms with E-state index in [0.29, 0.717) is 23.3 Å². The third-order valence-electron chi connectivity index (χ3n) is 3.95. The molecule has 0 aliphatic rings. The molecule has 8 nitrogen and oxygen atoms in total. The Morgan fingerprint density at radius 2 is 1.76 bits per heavy atom. The van der Waals surface area contributed by atoms with Gasteiger partial charge in [-0.15, -0.1) is 0 Å². The molecule has 2 aromatic carbocycles. The molecule has 1 amide bonds. The number of non-ortho nitro benzene ring substituents is 1. The molecule has 0 aromatic heterocycles. The Morgan fingerprint density at radius 1 is 1.10 bits per heavy atom. The number of nitrogens with one attached hydrogen (secondary N) is 2. The van der Waals surface area contributed by atoms with Gasteiger partial charge in [-0.25, -0.2) is 0 Å². The normalized spacial score (nSPS) is 12.1. The summed E-state index contributed by atoms with van der Waals surface area (Å²) in [6.07, 6.45) is -4.88. The molecular weight excluding hydrogens is 395 g/mol. The van der Waals surface area contributed by atoms with Gasteiger partial charge in [0.05, 0.1) is 36.1 Å². The number of nitro groups is 1. The maximum Gasteiger partial charge on any atom is 0.418 e. The van der Waals surface area contributed by atoms with Crippen molar-refractivity contribution in [1.82, 2.24) is 0 Å². The summed E-state index contributed by atoms with van der Waals surface area (Å²) >= 11 is 0. The van der Waals surface area contributed by atoms with Crippen molar-refractivity contribution < 1.29 is 32.4 Å². The van der Waals surface area contributed by atoms with Gasteiger partial charge in [-0.05, 0) is 25.1 Å². The summed E-state index contributed by atoms with van der Waals surface area (Å²) in [6, 6.07) is 5.94. The number of amides is 1. The zero-order valence-corrected chi connectivity index (χ0v) is 15.7. The van der Waals surface area contributed by atoms with Crippen LogP contribution in [0.1, 0.15) is 12.5 Å². The number of halogens is 3. The predicted octanol–water partition coefficient (Wildman–Crippen LogP) is 4.07. The van der Waals surface area contributed by atoms with Gasteiger partial charge in [0.25, 0.3) is 5.69 Å². The quantitative estimate of drug-likeness (QED) is 0.524. The number of carbonyl (C=O) groups is 1. The lowest BCUT2D eigenvalue weighted by atomic mass is 10.1. The monoisotopic (exact) mass is 413 g/mol. The fourth-order valence-electron chi connectivity index (χ4n) is 2.45. The van der Waals surface area contributed by atoms with E-state index >= 15 is 0 Å². The fraction of sp³-hybridized carbons (Fsp3) is 0.278. The van der Waals surface area contributed by atoms with Gasteiger partial charge in [0, 0.05) is 18.2 Å². The minimum absolute atomic E-state index is 0.371. The van der Waals surface area contributed by atoms with Gasteiger partial charge in [-0.1, -0.05) is 0 Å². The van der Waals surface area contributed by atoms with E-state index in [1.165, 1.54) is 21.1 Å². The molecule has 1 atom stereocenters. The van der Waals surface area contributed by atoms with Crippen LogP contribution in [0, 0.1) is 10.1 Å². The first-order valence-corrected chi connectivity index (χ1v) is 8.22. The molecule has 0 aliphatic carbocycles. The van der Waals surface area contributed by atoms with Crippen molar-refractivity contribution in [2.24, 2.45) is 0 Å². The lowest BCUT2D eigenvalue weighted by molar-refractivity contribution is -0.385. The van der Waals surface area contributed by atoms with Gasteiger partial charge < -0.3 is 20.1 Å². The van der Waals surface area contributed by atoms with Gasteiger partial charge in [-0.3, -0.25) is 14.9 Å². The molecule has 0 spiro atoms. The number of anilines is 2. The largest absolute Gasteiger partial charge is 0.497 e. The summed E-state index contributed by atoms with van der Waals surface area (Å²) in [5.74, 6) is 0.114. The van der Waals surface area contributed by atoms with Crippen LogP contribution in [-0.2, 0) is 11.0 Å². The summed E-state index contributed by atoms with van der Waals surface area (Å²) < 4.78 is 50.0. The van der Waals surface area contributed by atoms with Crippen LogP contribution in [0.2, 0.25) is 0 Å². The number of nitrogens with zero attached hydrogens (tertiary/aromatic N) is 1. The molecule has 2 aromatic rings. The smallest absolute Gasteiger partial charge is 0.418 e. The molecule has 0 saturated carbocycles. The predicted molar refractivity (Wildman–Crippen MR) is 99.4 cm³/mol. The minimum atomic E-state index is -4.88. The van der Waals surface area contributed by atoms with Crippen LogP contribution in [0.3, 0.4) is 0 Å². The van der Waals surface area contributed by atoms with E-state index < -0.39 is 40.0 Å². The molecule has 0 saturated heterocycles. The average molecular weight is 413 g/mol. The number of rotatable bonds is 7. The molecule has 11 heteroatoms. The van der Waals surface area contributed by atoms with E-state index in [1.807, 2.05) is 0 Å². The van der Waals surface area contributed by atoms with Crippen molar-refractivity contribution in [3.63, 3.8) is 0 Å². The van der Waals surface area contributed by atoms with Crippen LogP contribution < -0.4 is 20.1 Å². The van der Waals surface area contributed by atoms with Crippen LogP contribution in [0.5, 0.6) is 11.5 Å². The van der Waals surface area contributed by atoms with Crippen LogP contribution in [-0.4, -0.2) is 31.1 Å². The second-order valence-electron chi connectivity index (χ2n) is 5.91. The zero-order chi connectivity index (χ0) is 21.8. The first-order valence-electron chi connectivity index (χ1n) is 8.22. The van der Waals surface area contributed by atoms with Crippen molar-refractivity contribution in [2.75, 3.05) is 24.9 Å². The summed E-state index contributed by atoms with van der Waals surface area (Å²) in [4.78, 5) is 22.2. The van der Waals surface area contributed by atoms with E-state index in [2.05, 4.69) is 10.6 Å². The van der Waals surface area contributed by atoms with Crippen LogP contribution in [0.25, 0.3) is 0 Å². The highest BCUT2D eigenvalue weighted by Gasteiger charge is 2.36. The van der Waals surface area contributed by atoms with E-state index in [0.717, 1.165) is 12.1 Å². The Balaban J connectivity index is 2.23. The second-order valence-corrected chi connectivity index (χ2v) is 5.91. The first kappa shape index (κ1) is 21.8. The first-order chi connectivity index (χ1) is 13.6. The molecule has 2 rings (SSSR count). The molecule has 29 heavy (non-hydrogen) atoms. The van der Waals surface area contributed by atoms with E-state index in [1.54, 1.807) is 18.2 Å². The second kappa shape index (κ2) is 8.67. The fourth-order valence-corrected chi connectivity index (χ4v) is 2.45. The van der Waals surface area contributed by atoms with E-state index in [4.69, 9.17) is 9.47 Å². The molecule has 0 fully saturated rings. The summed E-state index contributed by atoms with van der Waals surface area (Å²) in [7, 11) is 2.89. The lowest BCUT2D eigenvalue weighted by Gasteiger charge is -2.19. The van der Waals surface area contributed by atoms with Crippen LogP contribution in [0.4, 0.5) is 30.2 Å². The zero-order valence-electron chi connectivity index (χ0n) is 15.7. The van der Waals surface area contributed by atoms with Gasteiger partial charge >= 0.3 is 6.18 Å². The summed E-state index contributed by atoms with van der Waals surface area (Å²) in [5, 5.41) is 15.7. The number of methoxy groups -OCH3 is 2. The third kappa shape index (κ3) is 5.27. The van der Waals surface area contributed by atoms with Crippen molar-refractivity contribution in [2.45, 2.75) is 19.1 Å². The average Bonchev–Trinajstić information content (AvgIpc) is 2.67. The number of ether oxygens (including phenoxy) is 2. The van der Waals surface area contributed by atoms with Crippen LogP contribution in [0.15, 0.2) is 36.4 Å².